The molecule has 3 aromatic rings. The number of ether oxygens (including phenoxy) is 5. The van der Waals surface area contributed by atoms with Crippen LogP contribution in [0.2, 0.25) is 0 Å². The van der Waals surface area contributed by atoms with Gasteiger partial charge in [0.05, 0.1) is 70.3 Å². The Morgan fingerprint density at radius 2 is 0.689 bits per heavy atom. The molecule has 0 aliphatic heterocycles. The summed E-state index contributed by atoms with van der Waals surface area (Å²) in [7, 11) is 0. The molecule has 0 aliphatic carbocycles. The van der Waals surface area contributed by atoms with E-state index in [-0.39, 0.29) is 81.9 Å². The molecule has 0 unspecified atom stereocenters. The van der Waals surface area contributed by atoms with E-state index in [4.69, 9.17) is 34.6 Å². The van der Waals surface area contributed by atoms with Gasteiger partial charge >= 0.3 is 56.6 Å². The minimum absolute atomic E-state index is 0. The fourth-order valence-corrected chi connectivity index (χ4v) is 4.77. The summed E-state index contributed by atoms with van der Waals surface area (Å²) in [5.41, 5.74) is 7.55. The Bertz CT molecular complexity index is 1070. The molecular weight excluding hydrogens is 1170 g/mol. The van der Waals surface area contributed by atoms with Crippen molar-refractivity contribution in [2.75, 3.05) is 83.7 Å². The summed E-state index contributed by atoms with van der Waals surface area (Å²) < 4.78 is 26.8. The first-order valence-corrected chi connectivity index (χ1v) is 24.6. The van der Waals surface area contributed by atoms with E-state index in [0.29, 0.717) is 66.1 Å². The Labute approximate surface area is 453 Å². The molecule has 0 radical (unpaired) electrons. The number of aliphatic hydroxyl groups excluding tert-OH is 3. The smallest absolute Gasteiger partial charge is 0.870 e. The van der Waals surface area contributed by atoms with E-state index >= 15 is 0 Å². The van der Waals surface area contributed by atoms with E-state index in [1.807, 2.05) is 6.92 Å². The van der Waals surface area contributed by atoms with Crippen LogP contribution in [0.1, 0.15) is 46.7 Å². The summed E-state index contributed by atoms with van der Waals surface area (Å²) in [6, 6.07) is 25.3. The molecule has 20 heteroatoms. The van der Waals surface area contributed by atoms with E-state index in [2.05, 4.69) is 192 Å². The van der Waals surface area contributed by atoms with E-state index in [9.17, 15) is 5.11 Å². The average molecular weight is 1230 g/mol. The second-order valence-electron chi connectivity index (χ2n) is 10.3. The predicted octanol–water partition coefficient (Wildman–Crippen LogP) is -0.384. The van der Waals surface area contributed by atoms with Gasteiger partial charge in [-0.05, 0) is 33.4 Å². The minimum atomic E-state index is -0.750. The van der Waals surface area contributed by atoms with Gasteiger partial charge in [0.2, 0.25) is 0 Å². The number of alkyl halides is 6. The standard InChI is InChI=1S/C20H24Br2O3.C8H8Br2.C4H10O3.C4H8O2.C3H7.CH2Br2.CH4O2.3Li.H2O/c21-13-17-1-5-19(6-2-17)15-24-11-9-23-10-12-25-16-20-7-3-18(14-22)4-8-20;9-5-7-1-2-8(6-10)4-3-7;5-1-3-7-4-2-6;1-2-6-4-3-5;1-3-2;2*2-1-3;;;;/h1-8H,9-16H2;1-4H,5-6H2;5-6H,1-4H2;1-4H2;1,3H2,2H3;1H2;2-3H,1H2;;;;1H2/q;;;-2;-1;;;3*+1;/p-1. The summed E-state index contributed by atoms with van der Waals surface area (Å²) in [5, 5.41) is 43.6. The quantitative estimate of drug-likeness (QED) is 0.0360. The molecule has 0 saturated heterocycles. The van der Waals surface area contributed by atoms with Crippen LogP contribution in [0, 0.1) is 13.8 Å². The molecule has 0 aromatic heterocycles. The Hall–Kier alpha value is 1.89. The van der Waals surface area contributed by atoms with Gasteiger partial charge in [-0.15, -0.1) is 6.61 Å². The van der Waals surface area contributed by atoms with Gasteiger partial charge in [0.1, 0.15) is 6.79 Å². The molecule has 0 atom stereocenters. The van der Waals surface area contributed by atoms with Crippen LogP contribution >= 0.6 is 95.6 Å². The van der Waals surface area contributed by atoms with E-state index in [1.165, 1.54) is 33.4 Å². The zero-order valence-corrected chi connectivity index (χ0v) is 46.0. The zero-order chi connectivity index (χ0) is 43.6. The van der Waals surface area contributed by atoms with Gasteiger partial charge in [-0.3, -0.25) is 0 Å². The van der Waals surface area contributed by atoms with Crippen molar-refractivity contribution in [1.29, 1.82) is 0 Å². The van der Waals surface area contributed by atoms with Gasteiger partial charge in [0, 0.05) is 27.9 Å². The maximum Gasteiger partial charge on any atom is 1.00 e. The summed E-state index contributed by atoms with van der Waals surface area (Å²) in [6.07, 6.45) is 1.00. The van der Waals surface area contributed by atoms with Crippen LogP contribution in [0.25, 0.3) is 0 Å². The fourth-order valence-electron chi connectivity index (χ4n) is 3.28. The molecule has 0 saturated carbocycles. The van der Waals surface area contributed by atoms with E-state index in [0.717, 1.165) is 32.0 Å². The van der Waals surface area contributed by atoms with Crippen LogP contribution in [0.4, 0.5) is 0 Å². The van der Waals surface area contributed by atoms with Gasteiger partial charge in [-0.1, -0.05) is 182 Å². The molecule has 340 valence electrons. The molecular formula is C41H64Br6Li3O11-. The minimum Gasteiger partial charge on any atom is -0.870 e. The topological polar surface area (TPSA) is 180 Å². The third-order valence-electron chi connectivity index (χ3n) is 5.81. The van der Waals surface area contributed by atoms with Crippen molar-refractivity contribution >= 4 is 95.6 Å². The molecule has 5 N–H and O–H groups in total. The van der Waals surface area contributed by atoms with Gasteiger partial charge < -0.3 is 68.5 Å². The van der Waals surface area contributed by atoms with Crippen molar-refractivity contribution in [3.8, 4) is 0 Å². The largest absolute Gasteiger partial charge is 1.00 e. The summed E-state index contributed by atoms with van der Waals surface area (Å²) in [6.45, 7) is 12.9. The maximum absolute atomic E-state index is 9.54. The number of halogens is 6. The van der Waals surface area contributed by atoms with E-state index < -0.39 is 6.79 Å². The van der Waals surface area contributed by atoms with Crippen LogP contribution in [0.3, 0.4) is 0 Å². The number of aliphatic hydroxyl groups is 4. The molecule has 0 fully saturated rings. The van der Waals surface area contributed by atoms with Crippen LogP contribution < -0.4 is 61.7 Å². The maximum atomic E-state index is 9.54. The first-order chi connectivity index (χ1) is 27.7. The number of rotatable bonds is 21. The van der Waals surface area contributed by atoms with Crippen molar-refractivity contribution in [2.24, 2.45) is 0 Å². The molecule has 3 aromatic carbocycles. The Kier molecular flexibility index (Phi) is 92.9. The molecule has 0 amide bonds. The third-order valence-corrected chi connectivity index (χ3v) is 8.40. The summed E-state index contributed by atoms with van der Waals surface area (Å²) in [5.74, 6) is 0. The van der Waals surface area contributed by atoms with Crippen molar-refractivity contribution in [2.45, 2.75) is 47.9 Å². The fraction of sp³-hybridized carbons (Fsp3) is 0.512. The first-order valence-electron chi connectivity index (χ1n) is 17.8. The third kappa shape index (κ3) is 64.0. The Balaban J connectivity index is -0.000000108. The Morgan fingerprint density at radius 1 is 0.459 bits per heavy atom. The summed E-state index contributed by atoms with van der Waals surface area (Å²) in [4.78, 5) is 0. The second-order valence-corrected chi connectivity index (χ2v) is 15.2. The van der Waals surface area contributed by atoms with Gasteiger partial charge in [-0.25, -0.2) is 0 Å². The summed E-state index contributed by atoms with van der Waals surface area (Å²) >= 11 is 19.8. The number of benzene rings is 3. The molecule has 61 heavy (non-hydrogen) atoms. The first kappa shape index (κ1) is 80.0. The average Bonchev–Trinajstić information content (AvgIpc) is 3.24. The zero-order valence-electron chi connectivity index (χ0n) is 36.4. The molecule has 0 spiro atoms. The van der Waals surface area contributed by atoms with Crippen LogP contribution in [-0.2, 0) is 58.2 Å². The normalized spacial score (nSPS) is 8.95. The molecule has 0 heterocycles. The Morgan fingerprint density at radius 3 is 0.885 bits per heavy atom. The number of hydrogen-bond acceptors (Lipinski definition) is 11. The molecule has 11 nitrogen and oxygen atoms in total. The second kappa shape index (κ2) is 70.9. The van der Waals surface area contributed by atoms with Crippen molar-refractivity contribution < 1.29 is 111 Å². The van der Waals surface area contributed by atoms with Crippen molar-refractivity contribution in [3.63, 3.8) is 0 Å². The monoisotopic (exact) mass is 1230 g/mol. The van der Waals surface area contributed by atoms with Crippen molar-refractivity contribution in [1.82, 2.24) is 0 Å². The van der Waals surface area contributed by atoms with Gasteiger partial charge in [0.15, 0.2) is 0 Å². The van der Waals surface area contributed by atoms with Crippen LogP contribution in [-0.4, -0.2) is 110 Å². The van der Waals surface area contributed by atoms with Gasteiger partial charge in [0.25, 0.3) is 0 Å². The molecule has 3 rings (SSSR count). The van der Waals surface area contributed by atoms with Gasteiger partial charge in [-0.2, -0.15) is 6.42 Å². The molecule has 0 aliphatic rings. The SMILES string of the molecule is BrCBr.BrCc1ccc(CBr)cc1.BrCc1ccc(COCCOCCOCc2ccc(CBr)cc2)cc1.OCCOCCO.OCO.[CH2-]CC.[CH2-]COCC[O-].[Li+].[Li+].[Li+].[OH-]. The molecule has 0 bridgehead atoms. The number of hydrogen-bond donors (Lipinski definition) is 4. The van der Waals surface area contributed by atoms with E-state index in [1.54, 1.807) is 0 Å². The van der Waals surface area contributed by atoms with Crippen LogP contribution in [0.15, 0.2) is 72.8 Å². The van der Waals surface area contributed by atoms with Crippen molar-refractivity contribution in [3.05, 3.63) is 120 Å². The predicted molar refractivity (Wildman–Crippen MR) is 256 cm³/mol. The van der Waals surface area contributed by atoms with Crippen LogP contribution in [0.5, 0.6) is 0 Å².